The third-order valence-corrected chi connectivity index (χ3v) is 3.42. The molecule has 2 unspecified atom stereocenters. The summed E-state index contributed by atoms with van der Waals surface area (Å²) >= 11 is 0. The van der Waals surface area contributed by atoms with Gasteiger partial charge in [0, 0.05) is 19.3 Å². The summed E-state index contributed by atoms with van der Waals surface area (Å²) in [6, 6.07) is 4.88. The molecule has 0 spiro atoms. The molecule has 0 aliphatic carbocycles. The normalized spacial score (nSPS) is 22.3. The van der Waals surface area contributed by atoms with Crippen molar-refractivity contribution in [1.82, 2.24) is 9.88 Å². The van der Waals surface area contributed by atoms with Gasteiger partial charge in [0.05, 0.1) is 11.8 Å². The Morgan fingerprint density at radius 2 is 1.85 bits per heavy atom. The zero-order chi connectivity index (χ0) is 14.7. The topological polar surface area (TPSA) is 108 Å². The standard InChI is InChI=1S/C13H14N2O5/c16-11(10-3-1-2-5-14-10)15-6-4-8(12(17)18)9(7-15)13(19)20/h1-3,5,8-9H,4,6-7H2,(H,17,18)(H,19,20). The van der Waals surface area contributed by atoms with E-state index in [9.17, 15) is 14.4 Å². The Labute approximate surface area is 114 Å². The van der Waals surface area contributed by atoms with Crippen LogP contribution in [-0.4, -0.2) is 51.0 Å². The number of hydrogen-bond acceptors (Lipinski definition) is 4. The van der Waals surface area contributed by atoms with Crippen LogP contribution in [0.2, 0.25) is 0 Å². The summed E-state index contributed by atoms with van der Waals surface area (Å²) in [5.74, 6) is -4.76. The van der Waals surface area contributed by atoms with Gasteiger partial charge in [-0.15, -0.1) is 0 Å². The molecule has 1 aromatic heterocycles. The molecule has 0 radical (unpaired) electrons. The molecule has 2 heterocycles. The maximum Gasteiger partial charge on any atom is 0.309 e. The number of carboxylic acid groups (broad SMARTS) is 2. The van der Waals surface area contributed by atoms with Gasteiger partial charge in [-0.05, 0) is 18.6 Å². The van der Waals surface area contributed by atoms with Gasteiger partial charge in [-0.25, -0.2) is 0 Å². The Bertz CT molecular complexity index is 531. The second-order valence-corrected chi connectivity index (χ2v) is 4.64. The molecule has 20 heavy (non-hydrogen) atoms. The molecule has 1 aromatic rings. The predicted molar refractivity (Wildman–Crippen MR) is 67.0 cm³/mol. The summed E-state index contributed by atoms with van der Waals surface area (Å²) in [6.07, 6.45) is 1.61. The van der Waals surface area contributed by atoms with Gasteiger partial charge in [0.1, 0.15) is 5.69 Å². The van der Waals surface area contributed by atoms with Crippen molar-refractivity contribution in [3.8, 4) is 0 Å². The fourth-order valence-electron chi connectivity index (χ4n) is 2.33. The number of hydrogen-bond donors (Lipinski definition) is 2. The van der Waals surface area contributed by atoms with Crippen LogP contribution >= 0.6 is 0 Å². The first-order chi connectivity index (χ1) is 9.50. The van der Waals surface area contributed by atoms with E-state index in [4.69, 9.17) is 10.2 Å². The number of aliphatic carboxylic acids is 2. The van der Waals surface area contributed by atoms with E-state index in [1.165, 1.54) is 11.1 Å². The van der Waals surface area contributed by atoms with E-state index < -0.39 is 23.8 Å². The van der Waals surface area contributed by atoms with E-state index in [1.807, 2.05) is 0 Å². The lowest BCUT2D eigenvalue weighted by molar-refractivity contribution is -0.156. The number of likely N-dealkylation sites (tertiary alicyclic amines) is 1. The minimum atomic E-state index is -1.20. The number of carbonyl (C=O) groups excluding carboxylic acids is 1. The number of aromatic nitrogens is 1. The lowest BCUT2D eigenvalue weighted by Gasteiger charge is -2.34. The fourth-order valence-corrected chi connectivity index (χ4v) is 2.33. The van der Waals surface area contributed by atoms with Crippen molar-refractivity contribution < 1.29 is 24.6 Å². The summed E-state index contributed by atoms with van der Waals surface area (Å²) in [5.41, 5.74) is 0.227. The Morgan fingerprint density at radius 1 is 1.15 bits per heavy atom. The van der Waals surface area contributed by atoms with Crippen LogP contribution in [0.3, 0.4) is 0 Å². The number of piperidine rings is 1. The summed E-state index contributed by atoms with van der Waals surface area (Å²) in [4.78, 5) is 39.6. The Kier molecular flexibility index (Phi) is 3.97. The Hall–Kier alpha value is -2.44. The van der Waals surface area contributed by atoms with Crippen molar-refractivity contribution in [2.24, 2.45) is 11.8 Å². The zero-order valence-electron chi connectivity index (χ0n) is 10.6. The van der Waals surface area contributed by atoms with Crippen molar-refractivity contribution in [2.45, 2.75) is 6.42 Å². The molecule has 2 N–H and O–H groups in total. The molecule has 2 atom stereocenters. The molecule has 1 amide bonds. The first kappa shape index (κ1) is 14.0. The number of carbonyl (C=O) groups is 3. The first-order valence-corrected chi connectivity index (χ1v) is 6.16. The van der Waals surface area contributed by atoms with Crippen LogP contribution < -0.4 is 0 Å². The van der Waals surface area contributed by atoms with Gasteiger partial charge in [0.2, 0.25) is 0 Å². The van der Waals surface area contributed by atoms with Crippen LogP contribution in [0.15, 0.2) is 24.4 Å². The van der Waals surface area contributed by atoms with Crippen molar-refractivity contribution in [2.75, 3.05) is 13.1 Å². The molecule has 1 fully saturated rings. The van der Waals surface area contributed by atoms with Gasteiger partial charge in [0.25, 0.3) is 5.91 Å². The summed E-state index contributed by atoms with van der Waals surface area (Å²) in [7, 11) is 0. The second-order valence-electron chi connectivity index (χ2n) is 4.64. The average Bonchev–Trinajstić information content (AvgIpc) is 2.46. The highest BCUT2D eigenvalue weighted by Crippen LogP contribution is 2.25. The van der Waals surface area contributed by atoms with E-state index in [0.29, 0.717) is 0 Å². The van der Waals surface area contributed by atoms with Gasteiger partial charge < -0.3 is 15.1 Å². The largest absolute Gasteiger partial charge is 0.481 e. The smallest absolute Gasteiger partial charge is 0.309 e. The molecule has 0 saturated carbocycles. The van der Waals surface area contributed by atoms with Crippen molar-refractivity contribution in [1.29, 1.82) is 0 Å². The Morgan fingerprint density at radius 3 is 2.40 bits per heavy atom. The highest BCUT2D eigenvalue weighted by atomic mass is 16.4. The number of pyridine rings is 1. The highest BCUT2D eigenvalue weighted by molar-refractivity contribution is 5.93. The van der Waals surface area contributed by atoms with Gasteiger partial charge in [-0.1, -0.05) is 6.07 Å². The van der Waals surface area contributed by atoms with Crippen molar-refractivity contribution in [3.05, 3.63) is 30.1 Å². The molecule has 0 bridgehead atoms. The molecule has 7 nitrogen and oxygen atoms in total. The molecular weight excluding hydrogens is 264 g/mol. The van der Waals surface area contributed by atoms with E-state index in [2.05, 4.69) is 4.98 Å². The highest BCUT2D eigenvalue weighted by Gasteiger charge is 2.40. The third-order valence-electron chi connectivity index (χ3n) is 3.42. The molecule has 1 saturated heterocycles. The maximum atomic E-state index is 12.2. The van der Waals surface area contributed by atoms with E-state index in [1.54, 1.807) is 18.2 Å². The number of nitrogens with zero attached hydrogens (tertiary/aromatic N) is 2. The Balaban J connectivity index is 2.15. The second kappa shape index (κ2) is 5.68. The number of carboxylic acids is 2. The summed E-state index contributed by atoms with van der Waals surface area (Å²) in [5, 5.41) is 18.1. The quantitative estimate of drug-likeness (QED) is 0.824. The minimum absolute atomic E-state index is 0.109. The zero-order valence-corrected chi connectivity index (χ0v) is 10.6. The van der Waals surface area contributed by atoms with Crippen LogP contribution in [0.5, 0.6) is 0 Å². The molecule has 1 aliphatic heterocycles. The van der Waals surface area contributed by atoms with Gasteiger partial charge >= 0.3 is 11.9 Å². The van der Waals surface area contributed by atoms with Crippen LogP contribution in [0.25, 0.3) is 0 Å². The van der Waals surface area contributed by atoms with Crippen molar-refractivity contribution >= 4 is 17.8 Å². The molecule has 106 valence electrons. The van der Waals surface area contributed by atoms with Crippen LogP contribution in [-0.2, 0) is 9.59 Å². The van der Waals surface area contributed by atoms with Crippen molar-refractivity contribution in [3.63, 3.8) is 0 Å². The molecule has 0 aromatic carbocycles. The minimum Gasteiger partial charge on any atom is -0.481 e. The van der Waals surface area contributed by atoms with E-state index in [0.717, 1.165) is 0 Å². The average molecular weight is 278 g/mol. The summed E-state index contributed by atoms with van der Waals surface area (Å²) in [6.45, 7) is 0.109. The number of rotatable bonds is 3. The van der Waals surface area contributed by atoms with E-state index >= 15 is 0 Å². The van der Waals surface area contributed by atoms with Gasteiger partial charge in [-0.3, -0.25) is 19.4 Å². The maximum absolute atomic E-state index is 12.2. The molecule has 2 rings (SSSR count). The van der Waals surface area contributed by atoms with Gasteiger partial charge in [-0.2, -0.15) is 0 Å². The molecular formula is C13H14N2O5. The van der Waals surface area contributed by atoms with Crippen LogP contribution in [0.1, 0.15) is 16.9 Å². The summed E-state index contributed by atoms with van der Waals surface area (Å²) < 4.78 is 0. The predicted octanol–water partition coefficient (Wildman–Crippen LogP) is 0.329. The van der Waals surface area contributed by atoms with Crippen LogP contribution in [0.4, 0.5) is 0 Å². The fraction of sp³-hybridized carbons (Fsp3) is 0.385. The monoisotopic (exact) mass is 278 g/mol. The van der Waals surface area contributed by atoms with Crippen LogP contribution in [0, 0.1) is 11.8 Å². The number of amides is 1. The lowest BCUT2D eigenvalue weighted by atomic mass is 9.85. The SMILES string of the molecule is O=C(O)C1CCN(C(=O)c2ccccn2)CC1C(=O)O. The third kappa shape index (κ3) is 2.76. The van der Waals surface area contributed by atoms with Gasteiger partial charge in [0.15, 0.2) is 0 Å². The molecule has 7 heteroatoms. The first-order valence-electron chi connectivity index (χ1n) is 6.16. The lowest BCUT2D eigenvalue weighted by Crippen LogP contribution is -2.48. The van der Waals surface area contributed by atoms with E-state index in [-0.39, 0.29) is 31.1 Å². The molecule has 1 aliphatic rings.